The Bertz CT molecular complexity index is 1480. The van der Waals surface area contributed by atoms with E-state index in [4.69, 9.17) is 9.47 Å². The predicted octanol–water partition coefficient (Wildman–Crippen LogP) is 9.53. The highest BCUT2D eigenvalue weighted by Crippen LogP contribution is 2.42. The van der Waals surface area contributed by atoms with Crippen molar-refractivity contribution in [2.24, 2.45) is 0 Å². The minimum Gasteiger partial charge on any atom is -0.507 e. The second-order valence-electron chi connectivity index (χ2n) is 12.9. The van der Waals surface area contributed by atoms with Crippen LogP contribution in [0.5, 0.6) is 11.5 Å². The van der Waals surface area contributed by atoms with E-state index in [2.05, 4.69) is 90.5 Å². The third-order valence-electron chi connectivity index (χ3n) is 8.68. The standard InChI is InChI=1S/C44H62N2O6/c1-5-6-7-8-9-10-11-12-13-14-15-16-17-18-19-20-21-22-24-27-39(47)45-32-25-23-26-33-46-40(48)31-29-35(2)28-30-37-42(49)41-38(34-52-44(41)50)36(3)43(37)51-4/h6-7,9-10,12-13,15-16,18-19,21-22,28,49H,5,8,11,14,17,20,23-27,29-34H2,1-4H3,(H,45,47)(H,46,48)/b7-6-,10-9-,13-12-,16-15-,19-18-,22-21-,35-28+. The van der Waals surface area contributed by atoms with Gasteiger partial charge in [0.25, 0.3) is 0 Å². The highest BCUT2D eigenvalue weighted by Gasteiger charge is 2.31. The monoisotopic (exact) mass is 714 g/mol. The number of phenolic OH excluding ortho intramolecular Hbond substituents is 1. The number of unbranched alkanes of at least 4 members (excludes halogenated alkanes) is 2. The molecule has 52 heavy (non-hydrogen) atoms. The molecule has 0 aromatic heterocycles. The zero-order chi connectivity index (χ0) is 37.8. The summed E-state index contributed by atoms with van der Waals surface area (Å²) in [6, 6.07) is 0. The molecule has 0 unspecified atom stereocenters. The van der Waals surface area contributed by atoms with Crippen LogP contribution in [0.25, 0.3) is 0 Å². The number of amides is 2. The minimum atomic E-state index is -0.519. The van der Waals surface area contributed by atoms with E-state index < -0.39 is 5.97 Å². The van der Waals surface area contributed by atoms with Crippen molar-refractivity contribution in [1.82, 2.24) is 10.6 Å². The molecule has 1 aromatic carbocycles. The van der Waals surface area contributed by atoms with E-state index in [0.29, 0.717) is 55.6 Å². The van der Waals surface area contributed by atoms with Crippen molar-refractivity contribution in [3.8, 4) is 11.5 Å². The van der Waals surface area contributed by atoms with Gasteiger partial charge < -0.3 is 25.2 Å². The van der Waals surface area contributed by atoms with Gasteiger partial charge in [-0.3, -0.25) is 9.59 Å². The minimum absolute atomic E-state index is 0.00741. The van der Waals surface area contributed by atoms with Crippen LogP contribution in [-0.2, 0) is 27.4 Å². The molecule has 8 heteroatoms. The van der Waals surface area contributed by atoms with Gasteiger partial charge in [-0.15, -0.1) is 0 Å². The van der Waals surface area contributed by atoms with Gasteiger partial charge in [-0.25, -0.2) is 4.79 Å². The van der Waals surface area contributed by atoms with Crippen molar-refractivity contribution in [3.63, 3.8) is 0 Å². The van der Waals surface area contributed by atoms with Crippen molar-refractivity contribution in [2.75, 3.05) is 20.2 Å². The Morgan fingerprint density at radius 3 is 1.83 bits per heavy atom. The number of aromatic hydroxyl groups is 1. The Balaban J connectivity index is 1.46. The molecule has 0 radical (unpaired) electrons. The molecule has 0 fully saturated rings. The van der Waals surface area contributed by atoms with Crippen molar-refractivity contribution < 1.29 is 29.0 Å². The van der Waals surface area contributed by atoms with Crippen LogP contribution in [-0.4, -0.2) is 43.1 Å². The number of hydrogen-bond acceptors (Lipinski definition) is 6. The van der Waals surface area contributed by atoms with Crippen LogP contribution in [0.2, 0.25) is 0 Å². The topological polar surface area (TPSA) is 114 Å². The summed E-state index contributed by atoms with van der Waals surface area (Å²) in [5.74, 6) is -0.000849. The number of phenols is 1. The highest BCUT2D eigenvalue weighted by molar-refractivity contribution is 5.98. The number of ether oxygens (including phenoxy) is 2. The number of rotatable bonds is 26. The number of hydrogen-bond donors (Lipinski definition) is 3. The quantitative estimate of drug-likeness (QED) is 0.0501. The van der Waals surface area contributed by atoms with Crippen molar-refractivity contribution >= 4 is 17.8 Å². The van der Waals surface area contributed by atoms with Crippen LogP contribution in [0.15, 0.2) is 84.6 Å². The maximum Gasteiger partial charge on any atom is 0.342 e. The number of methoxy groups -OCH3 is 1. The molecule has 1 aliphatic heterocycles. The van der Waals surface area contributed by atoms with Gasteiger partial charge in [0.2, 0.25) is 11.8 Å². The fourth-order valence-electron chi connectivity index (χ4n) is 5.63. The first-order valence-electron chi connectivity index (χ1n) is 19.0. The molecule has 2 amide bonds. The number of fused-ring (bicyclic) bond motifs is 1. The average Bonchev–Trinajstić information content (AvgIpc) is 3.53. The Hall–Kier alpha value is -4.59. The number of allylic oxidation sites excluding steroid dienone is 14. The number of benzene rings is 1. The van der Waals surface area contributed by atoms with Crippen LogP contribution in [0.1, 0.15) is 124 Å². The summed E-state index contributed by atoms with van der Waals surface area (Å²) < 4.78 is 10.7. The fraction of sp³-hybridized carbons (Fsp3) is 0.477. The molecule has 0 bridgehead atoms. The number of carbonyl (C=O) groups is 3. The Morgan fingerprint density at radius 1 is 0.769 bits per heavy atom. The summed E-state index contributed by atoms with van der Waals surface area (Å²) in [7, 11) is 1.54. The van der Waals surface area contributed by atoms with Crippen LogP contribution < -0.4 is 15.4 Å². The molecular weight excluding hydrogens is 652 g/mol. The Kier molecular flexibility index (Phi) is 22.7. The van der Waals surface area contributed by atoms with Crippen molar-refractivity contribution in [1.29, 1.82) is 0 Å². The Labute approximate surface area is 312 Å². The Morgan fingerprint density at radius 2 is 1.29 bits per heavy atom. The smallest absolute Gasteiger partial charge is 0.342 e. The zero-order valence-electron chi connectivity index (χ0n) is 32.0. The molecule has 1 aromatic rings. The molecule has 0 atom stereocenters. The first-order chi connectivity index (χ1) is 25.3. The van der Waals surface area contributed by atoms with Crippen molar-refractivity contribution in [2.45, 2.75) is 117 Å². The van der Waals surface area contributed by atoms with Gasteiger partial charge in [0.05, 0.1) is 7.11 Å². The summed E-state index contributed by atoms with van der Waals surface area (Å²) in [5, 5.41) is 16.7. The molecule has 0 spiro atoms. The van der Waals surface area contributed by atoms with E-state index in [0.717, 1.165) is 75.3 Å². The lowest BCUT2D eigenvalue weighted by Crippen LogP contribution is -2.25. The van der Waals surface area contributed by atoms with Gasteiger partial charge in [0.15, 0.2) is 0 Å². The summed E-state index contributed by atoms with van der Waals surface area (Å²) >= 11 is 0. The van der Waals surface area contributed by atoms with Gasteiger partial charge >= 0.3 is 5.97 Å². The van der Waals surface area contributed by atoms with E-state index in [-0.39, 0.29) is 29.7 Å². The van der Waals surface area contributed by atoms with E-state index in [1.54, 1.807) is 7.11 Å². The molecule has 3 N–H and O–H groups in total. The van der Waals surface area contributed by atoms with E-state index >= 15 is 0 Å². The molecule has 2 rings (SSSR count). The number of carbonyl (C=O) groups excluding carboxylic acids is 3. The lowest BCUT2D eigenvalue weighted by Gasteiger charge is -2.15. The van der Waals surface area contributed by atoms with Crippen LogP contribution in [0.3, 0.4) is 0 Å². The summed E-state index contributed by atoms with van der Waals surface area (Å²) in [4.78, 5) is 36.6. The first kappa shape index (κ1) is 43.6. The number of nitrogens with one attached hydrogen (secondary N) is 2. The molecule has 1 aliphatic rings. The van der Waals surface area contributed by atoms with Crippen molar-refractivity contribution in [3.05, 3.63) is 107 Å². The molecule has 0 aliphatic carbocycles. The zero-order valence-corrected chi connectivity index (χ0v) is 32.0. The lowest BCUT2D eigenvalue weighted by molar-refractivity contribution is -0.121. The molecule has 0 saturated heterocycles. The van der Waals surface area contributed by atoms with Crippen LogP contribution >= 0.6 is 0 Å². The number of esters is 1. The SMILES string of the molecule is CC/C=C\C/C=C\C/C=C\C/C=C\C/C=C\C/C=C\CCC(=O)NCCCCCNC(=O)CC/C(C)=C/Cc1c(O)c2c(c(C)c1OC)COC2=O. The summed E-state index contributed by atoms with van der Waals surface area (Å²) in [6.07, 6.45) is 39.1. The third kappa shape index (κ3) is 17.6. The second-order valence-corrected chi connectivity index (χ2v) is 12.9. The van der Waals surface area contributed by atoms with Gasteiger partial charge in [0.1, 0.15) is 23.7 Å². The van der Waals surface area contributed by atoms with Gasteiger partial charge in [-0.1, -0.05) is 91.5 Å². The van der Waals surface area contributed by atoms with Gasteiger partial charge in [0, 0.05) is 37.1 Å². The maximum absolute atomic E-state index is 12.3. The summed E-state index contributed by atoms with van der Waals surface area (Å²) in [5.41, 5.74) is 3.23. The average molecular weight is 715 g/mol. The lowest BCUT2D eigenvalue weighted by atomic mass is 9.94. The van der Waals surface area contributed by atoms with Gasteiger partial charge in [-0.05, 0) is 96.5 Å². The van der Waals surface area contributed by atoms with E-state index in [1.807, 2.05) is 19.9 Å². The molecule has 8 nitrogen and oxygen atoms in total. The van der Waals surface area contributed by atoms with Crippen LogP contribution in [0, 0.1) is 6.92 Å². The number of cyclic esters (lactones) is 1. The normalized spacial score (nSPS) is 13.5. The molecule has 0 saturated carbocycles. The fourth-order valence-corrected chi connectivity index (χ4v) is 5.63. The second kappa shape index (κ2) is 27.1. The summed E-state index contributed by atoms with van der Waals surface area (Å²) in [6.45, 7) is 7.34. The third-order valence-corrected chi connectivity index (χ3v) is 8.68. The first-order valence-corrected chi connectivity index (χ1v) is 19.0. The maximum atomic E-state index is 12.3. The van der Waals surface area contributed by atoms with Crippen LogP contribution in [0.4, 0.5) is 0 Å². The molecule has 1 heterocycles. The molecule has 284 valence electrons. The largest absolute Gasteiger partial charge is 0.507 e. The van der Waals surface area contributed by atoms with Gasteiger partial charge in [-0.2, -0.15) is 0 Å². The molecular formula is C44H62N2O6. The van der Waals surface area contributed by atoms with E-state index in [9.17, 15) is 19.5 Å². The highest BCUT2D eigenvalue weighted by atomic mass is 16.5. The predicted molar refractivity (Wildman–Crippen MR) is 213 cm³/mol. The van der Waals surface area contributed by atoms with E-state index in [1.165, 1.54) is 0 Å².